The van der Waals surface area contributed by atoms with Crippen molar-refractivity contribution in [2.75, 3.05) is 13.2 Å². The summed E-state index contributed by atoms with van der Waals surface area (Å²) in [4.78, 5) is 2.19. The zero-order chi connectivity index (χ0) is 14.5. The number of halogens is 2. The molecule has 2 nitrogen and oxygen atoms in total. The highest BCUT2D eigenvalue weighted by Gasteiger charge is 2.30. The van der Waals surface area contributed by atoms with Crippen molar-refractivity contribution >= 4 is 0 Å². The van der Waals surface area contributed by atoms with E-state index in [1.54, 1.807) is 6.07 Å². The normalized spacial score (nSPS) is 23.8. The summed E-state index contributed by atoms with van der Waals surface area (Å²) in [5.74, 6) is -1.63. The van der Waals surface area contributed by atoms with E-state index in [0.29, 0.717) is 0 Å². The van der Waals surface area contributed by atoms with Crippen LogP contribution in [0.25, 0.3) is 0 Å². The van der Waals surface area contributed by atoms with E-state index in [-0.39, 0.29) is 18.7 Å². The van der Waals surface area contributed by atoms with E-state index in [0.717, 1.165) is 37.8 Å². The first-order chi connectivity index (χ1) is 9.67. The summed E-state index contributed by atoms with van der Waals surface area (Å²) in [5, 5.41) is 9.52. The second-order valence-electron chi connectivity index (χ2n) is 5.27. The molecule has 0 saturated carbocycles. The molecular formula is C16H21F2NO. The van der Waals surface area contributed by atoms with Gasteiger partial charge in [-0.3, -0.25) is 4.90 Å². The highest BCUT2D eigenvalue weighted by atomic mass is 19.2. The third-order valence-corrected chi connectivity index (χ3v) is 4.01. The van der Waals surface area contributed by atoms with Crippen LogP contribution in [0.2, 0.25) is 0 Å². The summed E-state index contributed by atoms with van der Waals surface area (Å²) in [6.45, 7) is 4.59. The van der Waals surface area contributed by atoms with E-state index in [4.69, 9.17) is 0 Å². The van der Waals surface area contributed by atoms with Gasteiger partial charge in [0.1, 0.15) is 0 Å². The van der Waals surface area contributed by atoms with Crippen molar-refractivity contribution in [3.8, 4) is 0 Å². The fourth-order valence-electron chi connectivity index (χ4n) is 2.99. The molecule has 1 aliphatic rings. The van der Waals surface area contributed by atoms with Crippen LogP contribution >= 0.6 is 0 Å². The molecule has 0 aromatic heterocycles. The Bertz CT molecular complexity index is 464. The molecule has 2 rings (SSSR count). The molecule has 1 saturated heterocycles. The molecule has 1 fully saturated rings. The number of rotatable bonds is 5. The predicted octanol–water partition coefficient (Wildman–Crippen LogP) is 3.43. The molecule has 0 unspecified atom stereocenters. The number of likely N-dealkylation sites (tertiary alicyclic amines) is 1. The molecule has 110 valence electrons. The van der Waals surface area contributed by atoms with Gasteiger partial charge < -0.3 is 5.11 Å². The van der Waals surface area contributed by atoms with Crippen LogP contribution in [0, 0.1) is 11.6 Å². The molecule has 1 aromatic rings. The van der Waals surface area contributed by atoms with Crippen LogP contribution < -0.4 is 0 Å². The van der Waals surface area contributed by atoms with Crippen molar-refractivity contribution in [2.24, 2.45) is 0 Å². The average Bonchev–Trinajstić information content (AvgIpc) is 2.47. The Labute approximate surface area is 118 Å². The van der Waals surface area contributed by atoms with Crippen LogP contribution in [0.5, 0.6) is 0 Å². The third-order valence-electron chi connectivity index (χ3n) is 4.01. The Balaban J connectivity index is 2.24. The molecule has 4 heteroatoms. The Hall–Kier alpha value is -1.26. The van der Waals surface area contributed by atoms with Crippen LogP contribution in [0.4, 0.5) is 8.78 Å². The van der Waals surface area contributed by atoms with Crippen LogP contribution in [-0.4, -0.2) is 29.2 Å². The van der Waals surface area contributed by atoms with E-state index >= 15 is 0 Å². The summed E-state index contributed by atoms with van der Waals surface area (Å²) in [7, 11) is 0. The summed E-state index contributed by atoms with van der Waals surface area (Å²) in [6.07, 6.45) is 5.48. The number of piperidine rings is 1. The highest BCUT2D eigenvalue weighted by Crippen LogP contribution is 2.34. The minimum atomic E-state index is -0.819. The second-order valence-corrected chi connectivity index (χ2v) is 5.27. The Morgan fingerprint density at radius 3 is 2.75 bits per heavy atom. The quantitative estimate of drug-likeness (QED) is 0.836. The Morgan fingerprint density at radius 2 is 2.10 bits per heavy atom. The van der Waals surface area contributed by atoms with E-state index < -0.39 is 11.6 Å². The van der Waals surface area contributed by atoms with Crippen molar-refractivity contribution in [1.82, 2.24) is 4.90 Å². The minimum Gasteiger partial charge on any atom is -0.395 e. The first-order valence-electron chi connectivity index (χ1n) is 7.09. The highest BCUT2D eigenvalue weighted by molar-refractivity contribution is 5.22. The van der Waals surface area contributed by atoms with Gasteiger partial charge >= 0.3 is 0 Å². The fraction of sp³-hybridized carbons (Fsp3) is 0.500. The van der Waals surface area contributed by atoms with E-state index in [9.17, 15) is 13.9 Å². The molecular weight excluding hydrogens is 260 g/mol. The van der Waals surface area contributed by atoms with Gasteiger partial charge in [0.25, 0.3) is 0 Å². The molecule has 0 spiro atoms. The number of aliphatic hydroxyl groups excluding tert-OH is 1. The van der Waals surface area contributed by atoms with E-state index in [2.05, 4.69) is 11.5 Å². The standard InChI is InChI=1S/C16H21F2NO/c1-2-3-9-19-13(11-20)5-4-6-16(19)12-7-8-14(17)15(18)10-12/h2,7-8,10,13,16,20H,1,3-6,9,11H2/t13-,16+/m1/s1. The maximum atomic E-state index is 13.4. The minimum absolute atomic E-state index is 0.0379. The number of hydrogen-bond donors (Lipinski definition) is 1. The van der Waals surface area contributed by atoms with Gasteiger partial charge in [0.2, 0.25) is 0 Å². The van der Waals surface area contributed by atoms with Gasteiger partial charge in [0, 0.05) is 18.6 Å². The van der Waals surface area contributed by atoms with Gasteiger partial charge in [-0.05, 0) is 43.4 Å². The molecule has 1 heterocycles. The smallest absolute Gasteiger partial charge is 0.159 e. The molecule has 1 N–H and O–H groups in total. The molecule has 0 radical (unpaired) electrons. The monoisotopic (exact) mass is 281 g/mol. The first-order valence-corrected chi connectivity index (χ1v) is 7.09. The lowest BCUT2D eigenvalue weighted by atomic mass is 9.90. The Kier molecular flexibility index (Phi) is 5.26. The van der Waals surface area contributed by atoms with Crippen molar-refractivity contribution in [3.05, 3.63) is 48.1 Å². The van der Waals surface area contributed by atoms with Gasteiger partial charge in [0.15, 0.2) is 11.6 Å². The van der Waals surface area contributed by atoms with Crippen molar-refractivity contribution in [2.45, 2.75) is 37.8 Å². The SMILES string of the molecule is C=CCCN1[C@@H](CO)CCC[C@H]1c1ccc(F)c(F)c1. The fourth-order valence-corrected chi connectivity index (χ4v) is 2.99. The molecule has 1 aliphatic heterocycles. The first kappa shape index (κ1) is 15.1. The topological polar surface area (TPSA) is 23.5 Å². The second kappa shape index (κ2) is 6.95. The number of nitrogens with zero attached hydrogens (tertiary/aromatic N) is 1. The van der Waals surface area contributed by atoms with Crippen LogP contribution in [0.15, 0.2) is 30.9 Å². The zero-order valence-corrected chi connectivity index (χ0v) is 11.6. The van der Waals surface area contributed by atoms with Gasteiger partial charge in [-0.2, -0.15) is 0 Å². The summed E-state index contributed by atoms with van der Waals surface area (Å²) >= 11 is 0. The predicted molar refractivity (Wildman–Crippen MR) is 75.3 cm³/mol. The lowest BCUT2D eigenvalue weighted by Gasteiger charge is -2.41. The molecule has 0 bridgehead atoms. The lowest BCUT2D eigenvalue weighted by molar-refractivity contribution is 0.0451. The van der Waals surface area contributed by atoms with Crippen LogP contribution in [-0.2, 0) is 0 Å². The van der Waals surface area contributed by atoms with Gasteiger partial charge in [-0.1, -0.05) is 12.1 Å². The summed E-state index contributed by atoms with van der Waals surface area (Å²) in [5.41, 5.74) is 0.783. The average molecular weight is 281 g/mol. The van der Waals surface area contributed by atoms with Crippen molar-refractivity contribution in [1.29, 1.82) is 0 Å². The molecule has 1 aromatic carbocycles. The van der Waals surface area contributed by atoms with Gasteiger partial charge in [0.05, 0.1) is 6.61 Å². The third kappa shape index (κ3) is 3.25. The van der Waals surface area contributed by atoms with E-state index in [1.165, 1.54) is 12.1 Å². The van der Waals surface area contributed by atoms with Crippen LogP contribution in [0.1, 0.15) is 37.3 Å². The zero-order valence-electron chi connectivity index (χ0n) is 11.6. The van der Waals surface area contributed by atoms with Gasteiger partial charge in [-0.25, -0.2) is 8.78 Å². The lowest BCUT2D eigenvalue weighted by Crippen LogP contribution is -2.44. The summed E-state index contributed by atoms with van der Waals surface area (Å²) < 4.78 is 26.5. The molecule has 20 heavy (non-hydrogen) atoms. The number of hydrogen-bond acceptors (Lipinski definition) is 2. The maximum Gasteiger partial charge on any atom is 0.159 e. The largest absolute Gasteiger partial charge is 0.395 e. The van der Waals surface area contributed by atoms with E-state index in [1.807, 2.05) is 6.08 Å². The molecule has 2 atom stereocenters. The number of aliphatic hydroxyl groups is 1. The van der Waals surface area contributed by atoms with Gasteiger partial charge in [-0.15, -0.1) is 6.58 Å². The summed E-state index contributed by atoms with van der Waals surface area (Å²) in [6, 6.07) is 4.22. The maximum absolute atomic E-state index is 13.4. The van der Waals surface area contributed by atoms with Crippen molar-refractivity contribution in [3.63, 3.8) is 0 Å². The molecule has 0 aliphatic carbocycles. The molecule has 0 amide bonds. The van der Waals surface area contributed by atoms with Crippen LogP contribution in [0.3, 0.4) is 0 Å². The van der Waals surface area contributed by atoms with Crippen molar-refractivity contribution < 1.29 is 13.9 Å². The Morgan fingerprint density at radius 1 is 1.30 bits per heavy atom. The number of benzene rings is 1.